The molecule has 7 heteroatoms. The first-order valence-corrected chi connectivity index (χ1v) is 12.2. The Morgan fingerprint density at radius 2 is 1.90 bits per heavy atom. The SMILES string of the molecule is CCN(CC)C(=O)C1CCN(CC(=O)N2CCc3cc(-c4csc(C)n4)ccc32)CC1. The lowest BCUT2D eigenvalue weighted by Gasteiger charge is -2.34. The van der Waals surface area contributed by atoms with Gasteiger partial charge in [0.2, 0.25) is 11.8 Å². The van der Waals surface area contributed by atoms with Crippen LogP contribution in [0.5, 0.6) is 0 Å². The molecule has 0 radical (unpaired) electrons. The molecule has 31 heavy (non-hydrogen) atoms. The molecule has 0 unspecified atom stereocenters. The van der Waals surface area contributed by atoms with Gasteiger partial charge in [-0.15, -0.1) is 11.3 Å². The first-order chi connectivity index (χ1) is 15.0. The van der Waals surface area contributed by atoms with E-state index in [1.165, 1.54) is 5.56 Å². The quantitative estimate of drug-likeness (QED) is 0.689. The molecule has 1 aromatic carbocycles. The summed E-state index contributed by atoms with van der Waals surface area (Å²) in [5.74, 6) is 0.534. The molecule has 1 saturated heterocycles. The highest BCUT2D eigenvalue weighted by Gasteiger charge is 2.30. The Kier molecular flexibility index (Phi) is 6.72. The smallest absolute Gasteiger partial charge is 0.241 e. The Balaban J connectivity index is 1.34. The van der Waals surface area contributed by atoms with Crippen molar-refractivity contribution in [1.82, 2.24) is 14.8 Å². The lowest BCUT2D eigenvalue weighted by atomic mass is 9.95. The largest absolute Gasteiger partial charge is 0.343 e. The van der Waals surface area contributed by atoms with Crippen LogP contribution in [0.25, 0.3) is 11.3 Å². The van der Waals surface area contributed by atoms with Crippen molar-refractivity contribution in [1.29, 1.82) is 0 Å². The molecule has 6 nitrogen and oxygen atoms in total. The Morgan fingerprint density at radius 3 is 2.55 bits per heavy atom. The highest BCUT2D eigenvalue weighted by molar-refractivity contribution is 7.09. The average Bonchev–Trinajstić information content (AvgIpc) is 3.40. The molecule has 0 atom stereocenters. The minimum atomic E-state index is 0.103. The number of hydrogen-bond acceptors (Lipinski definition) is 5. The molecule has 2 amide bonds. The van der Waals surface area contributed by atoms with Crippen LogP contribution in [0, 0.1) is 12.8 Å². The number of thiazole rings is 1. The summed E-state index contributed by atoms with van der Waals surface area (Å²) < 4.78 is 0. The van der Waals surface area contributed by atoms with Crippen LogP contribution < -0.4 is 4.90 Å². The number of amides is 2. The van der Waals surface area contributed by atoms with Gasteiger partial charge in [0.15, 0.2) is 0 Å². The van der Waals surface area contributed by atoms with E-state index >= 15 is 0 Å². The molecule has 2 aliphatic heterocycles. The normalized spacial score (nSPS) is 17.1. The zero-order valence-corrected chi connectivity index (χ0v) is 19.6. The lowest BCUT2D eigenvalue weighted by Crippen LogP contribution is -2.46. The Hall–Kier alpha value is -2.25. The summed E-state index contributed by atoms with van der Waals surface area (Å²) in [6.45, 7) is 10.4. The van der Waals surface area contributed by atoms with Crippen LogP contribution in [0.2, 0.25) is 0 Å². The van der Waals surface area contributed by atoms with Crippen LogP contribution in [0.1, 0.15) is 37.3 Å². The molecule has 0 N–H and O–H groups in total. The number of anilines is 1. The van der Waals surface area contributed by atoms with Crippen molar-refractivity contribution in [2.75, 3.05) is 44.2 Å². The number of piperidine rings is 1. The maximum Gasteiger partial charge on any atom is 0.241 e. The van der Waals surface area contributed by atoms with Crippen LogP contribution in [0.4, 0.5) is 5.69 Å². The second-order valence-corrected chi connectivity index (χ2v) is 9.51. The van der Waals surface area contributed by atoms with Crippen molar-refractivity contribution in [2.24, 2.45) is 5.92 Å². The first-order valence-electron chi connectivity index (χ1n) is 11.4. The van der Waals surface area contributed by atoms with Crippen molar-refractivity contribution in [3.05, 3.63) is 34.2 Å². The van der Waals surface area contributed by atoms with Gasteiger partial charge < -0.3 is 9.80 Å². The minimum absolute atomic E-state index is 0.103. The molecule has 4 rings (SSSR count). The van der Waals surface area contributed by atoms with Gasteiger partial charge in [0.05, 0.1) is 17.2 Å². The molecule has 1 aromatic heterocycles. The van der Waals surface area contributed by atoms with E-state index in [2.05, 4.69) is 33.5 Å². The maximum absolute atomic E-state index is 13.0. The number of fused-ring (bicyclic) bond motifs is 1. The van der Waals surface area contributed by atoms with Gasteiger partial charge in [-0.1, -0.05) is 6.07 Å². The number of hydrogen-bond donors (Lipinski definition) is 0. The summed E-state index contributed by atoms with van der Waals surface area (Å²) in [5, 5.41) is 3.15. The molecular formula is C24H32N4O2S. The summed E-state index contributed by atoms with van der Waals surface area (Å²) >= 11 is 1.66. The number of aromatic nitrogens is 1. The van der Waals surface area contributed by atoms with Crippen LogP contribution in [-0.4, -0.2) is 65.9 Å². The van der Waals surface area contributed by atoms with Gasteiger partial charge >= 0.3 is 0 Å². The number of nitrogens with zero attached hydrogens (tertiary/aromatic N) is 4. The van der Waals surface area contributed by atoms with Crippen molar-refractivity contribution >= 4 is 28.8 Å². The summed E-state index contributed by atoms with van der Waals surface area (Å²) in [4.78, 5) is 36.3. The average molecular weight is 441 g/mol. The molecule has 2 aromatic rings. The van der Waals surface area contributed by atoms with Gasteiger partial charge in [-0.25, -0.2) is 4.98 Å². The molecule has 3 heterocycles. The minimum Gasteiger partial charge on any atom is -0.343 e. The third kappa shape index (κ3) is 4.67. The summed E-state index contributed by atoms with van der Waals surface area (Å²) in [5.41, 5.74) is 4.39. The number of rotatable bonds is 6. The van der Waals surface area contributed by atoms with E-state index in [0.717, 1.165) is 73.9 Å². The lowest BCUT2D eigenvalue weighted by molar-refractivity contribution is -0.136. The van der Waals surface area contributed by atoms with E-state index in [0.29, 0.717) is 6.54 Å². The van der Waals surface area contributed by atoms with E-state index in [-0.39, 0.29) is 17.7 Å². The number of aryl methyl sites for hydroxylation is 1. The zero-order valence-electron chi connectivity index (χ0n) is 18.8. The van der Waals surface area contributed by atoms with Gasteiger partial charge in [-0.3, -0.25) is 14.5 Å². The molecule has 1 fully saturated rings. The van der Waals surface area contributed by atoms with Crippen molar-refractivity contribution in [3.63, 3.8) is 0 Å². The van der Waals surface area contributed by atoms with Crippen molar-refractivity contribution < 1.29 is 9.59 Å². The Morgan fingerprint density at radius 1 is 1.16 bits per heavy atom. The Bertz CT molecular complexity index is 945. The van der Waals surface area contributed by atoms with Crippen LogP contribution in [-0.2, 0) is 16.0 Å². The van der Waals surface area contributed by atoms with Crippen LogP contribution in [0.15, 0.2) is 23.6 Å². The number of benzene rings is 1. The van der Waals surface area contributed by atoms with Gasteiger partial charge in [0.1, 0.15) is 0 Å². The van der Waals surface area contributed by atoms with Gasteiger partial charge in [-0.05, 0) is 70.8 Å². The van der Waals surface area contributed by atoms with Gasteiger partial charge in [0.25, 0.3) is 0 Å². The topological polar surface area (TPSA) is 56.8 Å². The third-order valence-corrected chi connectivity index (χ3v) is 7.34. The van der Waals surface area contributed by atoms with Crippen molar-refractivity contribution in [3.8, 4) is 11.3 Å². The van der Waals surface area contributed by atoms with Crippen molar-refractivity contribution in [2.45, 2.75) is 40.0 Å². The van der Waals surface area contributed by atoms with E-state index in [9.17, 15) is 9.59 Å². The van der Waals surface area contributed by atoms with Gasteiger partial charge in [-0.2, -0.15) is 0 Å². The number of carbonyl (C=O) groups excluding carboxylic acids is 2. The monoisotopic (exact) mass is 440 g/mol. The third-order valence-electron chi connectivity index (χ3n) is 6.56. The number of carbonyl (C=O) groups is 2. The summed E-state index contributed by atoms with van der Waals surface area (Å²) in [6.07, 6.45) is 2.57. The highest BCUT2D eigenvalue weighted by Crippen LogP contribution is 2.33. The zero-order chi connectivity index (χ0) is 22.0. The predicted octanol–water partition coefficient (Wildman–Crippen LogP) is 3.59. The molecule has 0 aliphatic carbocycles. The first kappa shape index (κ1) is 22.0. The molecule has 0 saturated carbocycles. The summed E-state index contributed by atoms with van der Waals surface area (Å²) in [6, 6.07) is 6.32. The van der Waals surface area contributed by atoms with E-state index in [1.54, 1.807) is 11.3 Å². The fraction of sp³-hybridized carbons (Fsp3) is 0.542. The standard InChI is InChI=1S/C24H32N4O2S/c1-4-27(5-2)24(30)18-8-11-26(12-9-18)15-23(29)28-13-10-20-14-19(6-7-22(20)28)21-16-31-17(3)25-21/h6-7,14,16,18H,4-5,8-13,15H2,1-3H3. The molecule has 0 bridgehead atoms. The Labute approximate surface area is 188 Å². The summed E-state index contributed by atoms with van der Waals surface area (Å²) in [7, 11) is 0. The second kappa shape index (κ2) is 9.49. The fourth-order valence-electron chi connectivity index (χ4n) is 4.72. The second-order valence-electron chi connectivity index (χ2n) is 8.45. The maximum atomic E-state index is 13.0. The van der Waals surface area contributed by atoms with Crippen LogP contribution >= 0.6 is 11.3 Å². The number of likely N-dealkylation sites (tertiary alicyclic amines) is 1. The highest BCUT2D eigenvalue weighted by atomic mass is 32.1. The predicted molar refractivity (Wildman–Crippen MR) is 125 cm³/mol. The molecule has 2 aliphatic rings. The van der Waals surface area contributed by atoms with E-state index in [4.69, 9.17) is 0 Å². The van der Waals surface area contributed by atoms with Crippen LogP contribution in [0.3, 0.4) is 0 Å². The fourth-order valence-corrected chi connectivity index (χ4v) is 5.35. The van der Waals surface area contributed by atoms with E-state index in [1.807, 2.05) is 30.6 Å². The molecular weight excluding hydrogens is 408 g/mol. The molecule has 166 valence electrons. The van der Waals surface area contributed by atoms with E-state index < -0.39 is 0 Å². The molecule has 0 spiro atoms. The van der Waals surface area contributed by atoms with Gasteiger partial charge in [0, 0.05) is 42.2 Å².